The number of fused-ring (bicyclic) bond motifs is 3. The van der Waals surface area contributed by atoms with Gasteiger partial charge in [-0.15, -0.1) is 0 Å². The minimum Gasteiger partial charge on any atom is -0.496 e. The summed E-state index contributed by atoms with van der Waals surface area (Å²) < 4.78 is 21.3. The first-order valence-electron chi connectivity index (χ1n) is 38.7. The molecule has 0 unspecified atom stereocenters. The van der Waals surface area contributed by atoms with Gasteiger partial charge in [-0.25, -0.2) is 4.79 Å². The number of carbonyl (C=O) groups is 11. The molecule has 574 valence electrons. The molecule has 9 fully saturated rings. The lowest BCUT2D eigenvalue weighted by Crippen LogP contribution is -2.53. The van der Waals surface area contributed by atoms with Crippen LogP contribution in [0.5, 0.6) is 17.2 Å². The molecule has 3 aliphatic heterocycles. The van der Waals surface area contributed by atoms with Gasteiger partial charge in [0.05, 0.1) is 34.5 Å². The molecule has 3 saturated heterocycles. The van der Waals surface area contributed by atoms with Gasteiger partial charge in [0.15, 0.2) is 0 Å². The van der Waals surface area contributed by atoms with Gasteiger partial charge in [0.1, 0.15) is 87.9 Å². The summed E-state index contributed by atoms with van der Waals surface area (Å²) in [7, 11) is 6.05. The van der Waals surface area contributed by atoms with Gasteiger partial charge < -0.3 is 70.3 Å². The Morgan fingerprint density at radius 2 is 0.806 bits per heavy atom. The van der Waals surface area contributed by atoms with E-state index >= 15 is 0 Å². The molecule has 8 N–H and O–H groups in total. The number of hydrogen-bond acceptors (Lipinski definition) is 16. The van der Waals surface area contributed by atoms with Crippen molar-refractivity contribution >= 4 is 97.4 Å². The lowest BCUT2D eigenvalue weighted by molar-refractivity contribution is -0.146. The normalized spacial score (nSPS) is 23.8. The van der Waals surface area contributed by atoms with E-state index in [4.69, 9.17) is 24.7 Å². The number of ether oxygens (including phenoxy) is 4. The summed E-state index contributed by atoms with van der Waals surface area (Å²) in [5.74, 6) is -1.23. The molecule has 0 radical (unpaired) electrons. The topological polar surface area (TPSA) is 368 Å². The number of nitrogens with one attached hydrogen (secondary N) is 6. The third-order valence-electron chi connectivity index (χ3n) is 25.2. The van der Waals surface area contributed by atoms with Crippen molar-refractivity contribution in [2.75, 3.05) is 48.1 Å². The van der Waals surface area contributed by atoms with Gasteiger partial charge in [-0.2, -0.15) is 5.26 Å². The number of primary amides is 1. The van der Waals surface area contributed by atoms with E-state index in [0.717, 1.165) is 135 Å². The van der Waals surface area contributed by atoms with Crippen LogP contribution in [0.3, 0.4) is 0 Å². The van der Waals surface area contributed by atoms with Crippen molar-refractivity contribution in [2.45, 2.75) is 210 Å². The highest BCUT2D eigenvalue weighted by Gasteiger charge is 2.54. The van der Waals surface area contributed by atoms with Crippen molar-refractivity contribution < 1.29 is 71.7 Å². The predicted octanol–water partition coefficient (Wildman–Crippen LogP) is 9.77. The van der Waals surface area contributed by atoms with Crippen LogP contribution < -0.4 is 35.9 Å². The van der Waals surface area contributed by atoms with Gasteiger partial charge in [-0.05, 0) is 186 Å². The highest BCUT2D eigenvalue weighted by Crippen LogP contribution is 2.51. The molecule has 6 saturated carbocycles. The molecule has 7 amide bonds. The second-order valence-corrected chi connectivity index (χ2v) is 32.0. The Bertz CT molecular complexity index is 4490. The van der Waals surface area contributed by atoms with Crippen molar-refractivity contribution in [1.82, 2.24) is 45.6 Å². The smallest absolute Gasteiger partial charge is 0.328 e. The Labute approximate surface area is 627 Å². The zero-order chi connectivity index (χ0) is 76.2. The molecule has 3 aromatic heterocycles. The zero-order valence-electron chi connectivity index (χ0n) is 62.3. The molecule has 108 heavy (non-hydrogen) atoms. The number of nitriles is 1. The molecule has 3 aromatic carbocycles. The fourth-order valence-electron chi connectivity index (χ4n) is 19.5. The number of aromatic nitrogens is 3. The number of aromatic amines is 3. The average Bonchev–Trinajstić information content (AvgIpc) is 1.62. The maximum atomic E-state index is 13.8. The highest BCUT2D eigenvalue weighted by molar-refractivity contribution is 6.05. The SMILES string of the molecule is COC(=O)[C@H](C[C@@H]1CCCC1=O)NC(=O)[C@@H]1CC2(CCCC2)CN1C(=O)c1cc2c(OC)cccc2[nH]1.COc1cccc2[nH]c(C(=O)N3CC4(CCCC4)C[C@H]3C(=O)N[C@@H](C[C@@H]3CCCC3=O)C(N)=O)cc12.COc1cccc2[nH]c(C(=O)N3CC4(CCCC4)C[C@H]3C(=O)N[C@H](C#N)C[C@@H]3CCCC3=O)cc12. The number of benzene rings is 3. The van der Waals surface area contributed by atoms with Crippen LogP contribution in [0.25, 0.3) is 32.7 Å². The number of Topliss-reactive ketones (excluding diaryl/α,β-unsaturated/α-hetero) is 3. The van der Waals surface area contributed by atoms with Crippen LogP contribution in [0.1, 0.15) is 205 Å². The number of esters is 1. The van der Waals surface area contributed by atoms with Gasteiger partial charge >= 0.3 is 5.97 Å². The molecule has 9 atom stereocenters. The largest absolute Gasteiger partial charge is 0.496 e. The quantitative estimate of drug-likeness (QED) is 0.0349. The summed E-state index contributed by atoms with van der Waals surface area (Å²) >= 11 is 0. The first-order valence-corrected chi connectivity index (χ1v) is 38.7. The van der Waals surface area contributed by atoms with E-state index < -0.39 is 48.1 Å². The summed E-state index contributed by atoms with van der Waals surface area (Å²) in [6.45, 7) is 1.54. The fraction of sp³-hybridized carbons (Fsp3) is 0.561. The number of ketones is 3. The van der Waals surface area contributed by atoms with Crippen LogP contribution in [0.4, 0.5) is 0 Å². The van der Waals surface area contributed by atoms with E-state index in [1.807, 2.05) is 54.6 Å². The molecular formula is C82H101N11O15. The Balaban J connectivity index is 0.000000143. The number of likely N-dealkylation sites (tertiary alicyclic amines) is 3. The Kier molecular flexibility index (Phi) is 22.8. The number of nitrogens with two attached hydrogens (primary N) is 1. The Hall–Kier alpha value is -10.1. The van der Waals surface area contributed by atoms with Crippen LogP contribution in [0.2, 0.25) is 0 Å². The van der Waals surface area contributed by atoms with Crippen molar-refractivity contribution in [3.05, 3.63) is 89.9 Å². The van der Waals surface area contributed by atoms with Gasteiger partial charge in [-0.1, -0.05) is 56.7 Å². The van der Waals surface area contributed by atoms with Crippen LogP contribution in [0.15, 0.2) is 72.8 Å². The predicted molar refractivity (Wildman–Crippen MR) is 399 cm³/mol. The number of H-pyrrole nitrogens is 3. The summed E-state index contributed by atoms with van der Waals surface area (Å²) in [5.41, 5.74) is 8.96. The van der Waals surface area contributed by atoms with E-state index in [1.165, 1.54) is 7.11 Å². The molecule has 15 rings (SSSR count). The van der Waals surface area contributed by atoms with E-state index in [9.17, 15) is 58.0 Å². The third-order valence-corrected chi connectivity index (χ3v) is 25.2. The molecule has 26 nitrogen and oxygen atoms in total. The fourth-order valence-corrected chi connectivity index (χ4v) is 19.5. The number of rotatable bonds is 20. The van der Waals surface area contributed by atoms with Crippen LogP contribution in [0, 0.1) is 45.3 Å². The second kappa shape index (κ2) is 32.4. The van der Waals surface area contributed by atoms with Gasteiger partial charge in [-0.3, -0.25) is 47.9 Å². The average molecular weight is 1480 g/mol. The second-order valence-electron chi connectivity index (χ2n) is 32.0. The van der Waals surface area contributed by atoms with Gasteiger partial charge in [0.25, 0.3) is 17.7 Å². The maximum absolute atomic E-state index is 13.8. The van der Waals surface area contributed by atoms with Crippen molar-refractivity contribution in [3.63, 3.8) is 0 Å². The highest BCUT2D eigenvalue weighted by atomic mass is 16.5. The van der Waals surface area contributed by atoms with E-state index in [0.29, 0.717) is 112 Å². The summed E-state index contributed by atoms with van der Waals surface area (Å²) in [6.07, 6.45) is 21.1. The van der Waals surface area contributed by atoms with Gasteiger partial charge in [0.2, 0.25) is 23.6 Å². The molecule has 26 heteroatoms. The summed E-state index contributed by atoms with van der Waals surface area (Å²) in [5, 5.41) is 20.6. The summed E-state index contributed by atoms with van der Waals surface area (Å²) in [4.78, 5) is 158. The van der Waals surface area contributed by atoms with Crippen molar-refractivity contribution in [1.29, 1.82) is 5.26 Å². The standard InChI is InChI=1S/C28H35N3O6.C27H34N4O5.C27H32N4O4/c1-36-24-10-6-8-19-18(24)14-20(29-19)26(34)31-16-28(11-3-4-12-28)15-22(31)25(33)30-21(27(35)37-2)13-17-7-5-9-23(17)32;1-36-23-9-5-7-18-17(23)13-20(29-18)26(35)31-15-27(10-2-3-11-27)14-21(31)25(34)30-19(24(28)33)12-16-6-4-8-22(16)32;1-35-24-9-5-7-20-19(24)13-21(30-20)26(34)31-16-27(10-2-3-11-27)14-22(31)25(33)29-18(15-28)12-17-6-4-8-23(17)32/h6,8,10,14,17,21-22,29H,3-5,7,9,11-13,15-16H2,1-2H3,(H,30,33);5,7,9,13,16,19,21,29H,2-4,6,8,10-12,14-15H2,1H3,(H2,28,33)(H,30,34);5,7,9,13,17-18,22,30H,2-4,6,8,10-12,14,16H2,1H3,(H,29,33)/t17-,21-,22-;16-,19-,21-;17-,18-,22-/m000/s1. The molecule has 6 aromatic rings. The Morgan fingerprint density at radius 1 is 0.481 bits per heavy atom. The van der Waals surface area contributed by atoms with E-state index in [1.54, 1.807) is 54.2 Å². The molecule has 3 spiro atoms. The summed E-state index contributed by atoms with van der Waals surface area (Å²) in [6, 6.07) is 19.6. The molecular weight excluding hydrogens is 1380 g/mol. The molecule has 6 aliphatic carbocycles. The monoisotopic (exact) mass is 1480 g/mol. The number of methoxy groups -OCH3 is 4. The maximum Gasteiger partial charge on any atom is 0.328 e. The van der Waals surface area contributed by atoms with E-state index in [2.05, 4.69) is 37.0 Å². The van der Waals surface area contributed by atoms with Crippen LogP contribution in [-0.4, -0.2) is 179 Å². The van der Waals surface area contributed by atoms with Crippen LogP contribution in [-0.2, 0) is 43.1 Å². The lowest BCUT2D eigenvalue weighted by Gasteiger charge is -2.26. The molecule has 0 bridgehead atoms. The van der Waals surface area contributed by atoms with Crippen molar-refractivity contribution in [2.24, 2.45) is 39.7 Å². The minimum atomic E-state index is -0.932. The first kappa shape index (κ1) is 76.1. The lowest BCUT2D eigenvalue weighted by atomic mass is 9.83. The number of carbonyl (C=O) groups excluding carboxylic acids is 11. The van der Waals surface area contributed by atoms with Gasteiger partial charge in [0, 0.05) is 89.4 Å². The number of amides is 7. The molecule has 6 heterocycles. The minimum absolute atomic E-state index is 0.0507. The van der Waals surface area contributed by atoms with Crippen molar-refractivity contribution in [3.8, 4) is 23.3 Å². The molecule has 9 aliphatic rings. The zero-order valence-corrected chi connectivity index (χ0v) is 62.3. The number of hydrogen-bond donors (Lipinski definition) is 7. The first-order chi connectivity index (χ1) is 52.1. The third kappa shape index (κ3) is 15.9. The number of nitrogens with zero attached hydrogens (tertiary/aromatic N) is 4. The Morgan fingerprint density at radius 3 is 1.11 bits per heavy atom. The van der Waals surface area contributed by atoms with Crippen LogP contribution >= 0.6 is 0 Å². The van der Waals surface area contributed by atoms with E-state index in [-0.39, 0.29) is 99.6 Å².